The summed E-state index contributed by atoms with van der Waals surface area (Å²) >= 11 is 0. The second-order valence-corrected chi connectivity index (χ2v) is 5.67. The molecule has 1 N–H and O–H groups in total. The first-order valence-corrected chi connectivity index (χ1v) is 7.05. The number of hydrogen-bond acceptors (Lipinski definition) is 3. The van der Waals surface area contributed by atoms with Gasteiger partial charge in [0.25, 0.3) is 5.92 Å². The largest absolute Gasteiger partial charge is 0.454 e. The highest BCUT2D eigenvalue weighted by molar-refractivity contribution is 5.52. The summed E-state index contributed by atoms with van der Waals surface area (Å²) in [5, 5.41) is 3.35. The molecular weight excluding hydrogens is 264 g/mol. The van der Waals surface area contributed by atoms with Crippen LogP contribution in [0.15, 0.2) is 12.1 Å². The molecule has 0 aliphatic carbocycles. The van der Waals surface area contributed by atoms with E-state index in [1.807, 2.05) is 0 Å². The number of rotatable bonds is 3. The molecule has 110 valence electrons. The van der Waals surface area contributed by atoms with Crippen molar-refractivity contribution in [2.24, 2.45) is 5.92 Å². The van der Waals surface area contributed by atoms with Crippen molar-refractivity contribution in [3.63, 3.8) is 0 Å². The minimum atomic E-state index is -2.86. The Morgan fingerprint density at radius 1 is 1.35 bits per heavy atom. The second kappa shape index (κ2) is 5.20. The minimum Gasteiger partial charge on any atom is -0.454 e. The Morgan fingerprint density at radius 3 is 2.90 bits per heavy atom. The molecular formula is C15H19F2NO2. The van der Waals surface area contributed by atoms with Crippen LogP contribution in [0.25, 0.3) is 0 Å². The van der Waals surface area contributed by atoms with Crippen molar-refractivity contribution in [2.75, 3.05) is 19.9 Å². The smallest absolute Gasteiger partial charge is 0.270 e. The van der Waals surface area contributed by atoms with Crippen LogP contribution in [-0.4, -0.2) is 19.9 Å². The third-order valence-electron chi connectivity index (χ3n) is 3.96. The van der Waals surface area contributed by atoms with Crippen LogP contribution in [0.4, 0.5) is 8.78 Å². The fourth-order valence-electron chi connectivity index (χ4n) is 2.90. The zero-order valence-corrected chi connectivity index (χ0v) is 11.5. The number of piperidine rings is 1. The van der Waals surface area contributed by atoms with Gasteiger partial charge in [0.2, 0.25) is 6.79 Å². The van der Waals surface area contributed by atoms with E-state index in [-0.39, 0.29) is 12.4 Å². The molecule has 0 radical (unpaired) electrons. The van der Waals surface area contributed by atoms with E-state index in [9.17, 15) is 8.78 Å². The van der Waals surface area contributed by atoms with Gasteiger partial charge < -0.3 is 14.8 Å². The van der Waals surface area contributed by atoms with Crippen LogP contribution in [0.5, 0.6) is 11.5 Å². The third-order valence-corrected chi connectivity index (χ3v) is 3.96. The van der Waals surface area contributed by atoms with Gasteiger partial charge in [-0.05, 0) is 56.0 Å². The molecule has 0 spiro atoms. The molecule has 0 amide bonds. The lowest BCUT2D eigenvalue weighted by molar-refractivity contribution is 0.0172. The van der Waals surface area contributed by atoms with Gasteiger partial charge in [-0.15, -0.1) is 0 Å². The van der Waals surface area contributed by atoms with Crippen LogP contribution >= 0.6 is 0 Å². The van der Waals surface area contributed by atoms with E-state index in [4.69, 9.17) is 9.47 Å². The average Bonchev–Trinajstić information content (AvgIpc) is 2.87. The minimum absolute atomic E-state index is 0.000480. The van der Waals surface area contributed by atoms with Crippen molar-refractivity contribution in [3.05, 3.63) is 23.3 Å². The summed E-state index contributed by atoms with van der Waals surface area (Å²) < 4.78 is 37.9. The van der Waals surface area contributed by atoms with Crippen molar-refractivity contribution in [1.29, 1.82) is 0 Å². The first-order chi connectivity index (χ1) is 9.54. The maximum absolute atomic E-state index is 13.6. The molecule has 3 nitrogen and oxygen atoms in total. The predicted molar refractivity (Wildman–Crippen MR) is 71.4 cm³/mol. The first kappa shape index (κ1) is 13.6. The molecule has 2 aliphatic heterocycles. The van der Waals surface area contributed by atoms with Gasteiger partial charge in [0, 0.05) is 12.5 Å². The second-order valence-electron chi connectivity index (χ2n) is 5.67. The summed E-state index contributed by atoms with van der Waals surface area (Å²) in [6.45, 7) is 3.00. The Kier molecular flexibility index (Phi) is 3.54. The molecule has 1 unspecified atom stereocenters. The van der Waals surface area contributed by atoms with Crippen LogP contribution in [-0.2, 0) is 12.3 Å². The SMILES string of the molecule is CC(F)(F)c1cc(CC2CCCNC2)c2c(c1)OCO2. The van der Waals surface area contributed by atoms with Crippen LogP contribution in [0.3, 0.4) is 0 Å². The van der Waals surface area contributed by atoms with Gasteiger partial charge in [0.15, 0.2) is 11.5 Å². The number of fused-ring (bicyclic) bond motifs is 1. The summed E-state index contributed by atoms with van der Waals surface area (Å²) in [6.07, 6.45) is 3.01. The quantitative estimate of drug-likeness (QED) is 0.924. The van der Waals surface area contributed by atoms with Gasteiger partial charge in [-0.25, -0.2) is 8.78 Å². The molecule has 0 bridgehead atoms. The Morgan fingerprint density at radius 2 is 2.20 bits per heavy atom. The van der Waals surface area contributed by atoms with E-state index in [1.165, 1.54) is 6.07 Å². The van der Waals surface area contributed by atoms with Crippen molar-refractivity contribution in [3.8, 4) is 11.5 Å². The lowest BCUT2D eigenvalue weighted by Crippen LogP contribution is -2.30. The highest BCUT2D eigenvalue weighted by Gasteiger charge is 2.30. The lowest BCUT2D eigenvalue weighted by atomic mass is 9.90. The van der Waals surface area contributed by atoms with E-state index >= 15 is 0 Å². The summed E-state index contributed by atoms with van der Waals surface area (Å²) in [6, 6.07) is 2.97. The van der Waals surface area contributed by atoms with Crippen LogP contribution in [0.1, 0.15) is 30.9 Å². The molecule has 0 aromatic heterocycles. The number of halogens is 2. The Labute approximate surface area is 117 Å². The van der Waals surface area contributed by atoms with Crippen LogP contribution < -0.4 is 14.8 Å². The van der Waals surface area contributed by atoms with Crippen molar-refractivity contribution >= 4 is 0 Å². The zero-order valence-electron chi connectivity index (χ0n) is 11.5. The zero-order chi connectivity index (χ0) is 14.2. The van der Waals surface area contributed by atoms with Gasteiger partial charge in [0.05, 0.1) is 0 Å². The Balaban J connectivity index is 1.90. The fourth-order valence-corrected chi connectivity index (χ4v) is 2.90. The van der Waals surface area contributed by atoms with Crippen LogP contribution in [0.2, 0.25) is 0 Å². The molecule has 3 rings (SSSR count). The molecule has 2 aliphatic rings. The molecule has 1 aromatic carbocycles. The molecule has 20 heavy (non-hydrogen) atoms. The summed E-state index contributed by atoms with van der Waals surface area (Å²) in [4.78, 5) is 0. The maximum Gasteiger partial charge on any atom is 0.270 e. The normalized spacial score (nSPS) is 22.1. The molecule has 1 saturated heterocycles. The van der Waals surface area contributed by atoms with E-state index < -0.39 is 5.92 Å². The number of alkyl halides is 2. The number of nitrogens with one attached hydrogen (secondary N) is 1. The number of ether oxygens (including phenoxy) is 2. The van der Waals surface area contributed by atoms with E-state index in [0.29, 0.717) is 17.4 Å². The van der Waals surface area contributed by atoms with E-state index in [0.717, 1.165) is 44.8 Å². The molecule has 0 saturated carbocycles. The van der Waals surface area contributed by atoms with Gasteiger partial charge in [-0.3, -0.25) is 0 Å². The monoisotopic (exact) mass is 283 g/mol. The van der Waals surface area contributed by atoms with Crippen molar-refractivity contribution in [2.45, 2.75) is 32.1 Å². The average molecular weight is 283 g/mol. The molecule has 5 heteroatoms. The number of benzene rings is 1. The molecule has 2 heterocycles. The standard InChI is InChI=1S/C15H19F2NO2/c1-15(16,17)12-6-11(5-10-3-2-4-18-8-10)14-13(7-12)19-9-20-14/h6-7,10,18H,2-5,8-9H2,1H3. The summed E-state index contributed by atoms with van der Waals surface area (Å²) in [5.41, 5.74) is 0.839. The van der Waals surface area contributed by atoms with Crippen LogP contribution in [0, 0.1) is 5.92 Å². The summed E-state index contributed by atoms with van der Waals surface area (Å²) in [5.74, 6) is -1.30. The lowest BCUT2D eigenvalue weighted by Gasteiger charge is -2.23. The topological polar surface area (TPSA) is 30.5 Å². The third kappa shape index (κ3) is 2.73. The van der Waals surface area contributed by atoms with Gasteiger partial charge in [-0.1, -0.05) is 0 Å². The van der Waals surface area contributed by atoms with Gasteiger partial charge in [0.1, 0.15) is 0 Å². The highest BCUT2D eigenvalue weighted by Crippen LogP contribution is 2.42. The maximum atomic E-state index is 13.6. The van der Waals surface area contributed by atoms with Crippen molar-refractivity contribution < 1.29 is 18.3 Å². The first-order valence-electron chi connectivity index (χ1n) is 7.05. The molecule has 1 aromatic rings. The Hall–Kier alpha value is -1.36. The Bertz CT molecular complexity index is 493. The highest BCUT2D eigenvalue weighted by atomic mass is 19.3. The summed E-state index contributed by atoms with van der Waals surface area (Å²) in [7, 11) is 0. The fraction of sp³-hybridized carbons (Fsp3) is 0.600. The van der Waals surface area contributed by atoms with Gasteiger partial charge >= 0.3 is 0 Å². The molecule has 1 atom stereocenters. The van der Waals surface area contributed by atoms with E-state index in [2.05, 4.69) is 5.32 Å². The number of hydrogen-bond donors (Lipinski definition) is 1. The predicted octanol–water partition coefficient (Wildman–Crippen LogP) is 3.07. The molecule has 1 fully saturated rings. The van der Waals surface area contributed by atoms with E-state index in [1.54, 1.807) is 6.07 Å². The van der Waals surface area contributed by atoms with Crippen molar-refractivity contribution in [1.82, 2.24) is 5.32 Å². The van der Waals surface area contributed by atoms with Gasteiger partial charge in [-0.2, -0.15) is 0 Å².